The fraction of sp³-hybridized carbons (Fsp3) is 0.125. The molecule has 3 heterocycles. The summed E-state index contributed by atoms with van der Waals surface area (Å²) in [5.41, 5.74) is 4.09. The molecule has 0 atom stereocenters. The first-order chi connectivity index (χ1) is 15.8. The maximum atomic E-state index is 12.1. The number of fused-ring (bicyclic) bond motifs is 1. The van der Waals surface area contributed by atoms with Gasteiger partial charge < -0.3 is 15.1 Å². The molecule has 5 aromatic rings. The van der Waals surface area contributed by atoms with E-state index in [0.29, 0.717) is 0 Å². The van der Waals surface area contributed by atoms with Crippen LogP contribution in [0.25, 0.3) is 33.5 Å². The molecule has 5 rings (SSSR count). The molecule has 0 fully saturated rings. The molecule has 0 spiro atoms. The first-order valence-electron chi connectivity index (χ1n) is 9.89. The zero-order valence-corrected chi connectivity index (χ0v) is 20.4. The molecule has 0 aliphatic heterocycles. The summed E-state index contributed by atoms with van der Waals surface area (Å²) >= 11 is 0. The van der Waals surface area contributed by atoms with Crippen LogP contribution in [-0.2, 0) is 26.3 Å². The molecule has 1 radical (unpaired) electrons. The molecule has 2 aromatic carbocycles. The predicted molar refractivity (Wildman–Crippen MR) is 117 cm³/mol. The Hall–Kier alpha value is -3.49. The molecular formula is C24H17F3IrN6-2. The first-order valence-corrected chi connectivity index (χ1v) is 9.89. The van der Waals surface area contributed by atoms with Crippen molar-refractivity contribution in [2.45, 2.75) is 20.0 Å². The van der Waals surface area contributed by atoms with Gasteiger partial charge in [0.1, 0.15) is 5.82 Å². The van der Waals surface area contributed by atoms with Crippen LogP contribution in [-0.4, -0.2) is 25.0 Å². The summed E-state index contributed by atoms with van der Waals surface area (Å²) in [6.45, 7) is 3.95. The average Bonchev–Trinajstić information content (AvgIpc) is 3.31. The zero-order valence-electron chi connectivity index (χ0n) is 18.0. The smallest absolute Gasteiger partial charge is 0.413 e. The van der Waals surface area contributed by atoms with Crippen LogP contribution in [0.2, 0.25) is 0 Å². The number of pyridine rings is 1. The molecule has 0 amide bonds. The summed E-state index contributed by atoms with van der Waals surface area (Å²) < 4.78 is 36.4. The second-order valence-electron chi connectivity index (χ2n) is 7.06. The Balaban J connectivity index is 0.000000188. The maximum absolute atomic E-state index is 12.1. The van der Waals surface area contributed by atoms with Gasteiger partial charge in [-0.05, 0) is 31.8 Å². The van der Waals surface area contributed by atoms with Gasteiger partial charge in [0.25, 0.3) is 0 Å². The SMILES string of the molecule is Cc1cnc(-c2[c-]ccc3ccccc23)c(C)n1.FC(F)(F)c1n[n-]c(-c2ccccn2)n1.[Ir]. The number of benzene rings is 2. The molecule has 0 aliphatic carbocycles. The number of nitrogens with zero attached hydrogens (tertiary/aromatic N) is 6. The van der Waals surface area contributed by atoms with E-state index < -0.39 is 12.0 Å². The first kappa shape index (κ1) is 25.1. The van der Waals surface area contributed by atoms with Gasteiger partial charge >= 0.3 is 6.18 Å². The molecule has 175 valence electrons. The topological polar surface area (TPSA) is 78.5 Å². The van der Waals surface area contributed by atoms with Crippen LogP contribution < -0.4 is 5.10 Å². The van der Waals surface area contributed by atoms with Crippen LogP contribution in [0.15, 0.2) is 67.0 Å². The van der Waals surface area contributed by atoms with Crippen LogP contribution in [0.1, 0.15) is 17.2 Å². The second-order valence-corrected chi connectivity index (χ2v) is 7.06. The number of halogens is 3. The van der Waals surface area contributed by atoms with Crippen molar-refractivity contribution in [2.24, 2.45) is 0 Å². The number of rotatable bonds is 2. The largest absolute Gasteiger partial charge is 0.429 e. The quantitative estimate of drug-likeness (QED) is 0.247. The maximum Gasteiger partial charge on any atom is 0.429 e. The Bertz CT molecular complexity index is 1380. The standard InChI is InChI=1S/C16H13N2.C8H4F3N4.Ir/c1-11-10-17-16(12(2)18-11)15-9-5-7-13-6-3-4-8-14(13)15;9-8(10,11)7-13-6(14-15-7)5-3-1-2-4-12-5;/h3-8,10H,1-2H3;1-4H;/q2*-1;. The van der Waals surface area contributed by atoms with Crippen molar-refractivity contribution in [3.05, 3.63) is 90.3 Å². The Labute approximate surface area is 207 Å². The van der Waals surface area contributed by atoms with Gasteiger partial charge in [0, 0.05) is 43.9 Å². The van der Waals surface area contributed by atoms with E-state index in [1.54, 1.807) is 18.3 Å². The van der Waals surface area contributed by atoms with Crippen molar-refractivity contribution >= 4 is 10.8 Å². The van der Waals surface area contributed by atoms with Crippen molar-refractivity contribution in [3.8, 4) is 22.8 Å². The van der Waals surface area contributed by atoms with Gasteiger partial charge in [-0.1, -0.05) is 35.7 Å². The van der Waals surface area contributed by atoms with Gasteiger partial charge in [-0.3, -0.25) is 15.1 Å². The van der Waals surface area contributed by atoms with Crippen molar-refractivity contribution in [2.75, 3.05) is 0 Å². The summed E-state index contributed by atoms with van der Waals surface area (Å²) in [5, 5.41) is 8.62. The number of alkyl halides is 3. The summed E-state index contributed by atoms with van der Waals surface area (Å²) in [4.78, 5) is 16.0. The Kier molecular flexibility index (Phi) is 7.86. The Morgan fingerprint density at radius 2 is 1.68 bits per heavy atom. The number of aromatic nitrogens is 6. The normalized spacial score (nSPS) is 10.9. The Morgan fingerprint density at radius 3 is 2.35 bits per heavy atom. The predicted octanol–water partition coefficient (Wildman–Crippen LogP) is 5.23. The molecule has 10 heteroatoms. The molecule has 0 saturated heterocycles. The van der Waals surface area contributed by atoms with E-state index in [1.165, 1.54) is 23.0 Å². The van der Waals surface area contributed by atoms with Crippen LogP contribution in [0.5, 0.6) is 0 Å². The molecule has 0 aliphatic rings. The van der Waals surface area contributed by atoms with E-state index in [1.807, 2.05) is 32.0 Å². The molecular weight excluding hydrogens is 622 g/mol. The third-order valence-electron chi connectivity index (χ3n) is 4.62. The van der Waals surface area contributed by atoms with Crippen molar-refractivity contribution in [3.63, 3.8) is 0 Å². The Morgan fingerprint density at radius 1 is 0.912 bits per heavy atom. The van der Waals surface area contributed by atoms with Crippen molar-refractivity contribution in [1.82, 2.24) is 30.1 Å². The van der Waals surface area contributed by atoms with Crippen LogP contribution in [0.4, 0.5) is 13.2 Å². The third-order valence-corrected chi connectivity index (χ3v) is 4.62. The minimum absolute atomic E-state index is 0. The van der Waals surface area contributed by atoms with E-state index in [9.17, 15) is 13.2 Å². The van der Waals surface area contributed by atoms with Gasteiger partial charge in [-0.25, -0.2) is 0 Å². The van der Waals surface area contributed by atoms with Crippen molar-refractivity contribution < 1.29 is 33.3 Å². The van der Waals surface area contributed by atoms with E-state index in [2.05, 4.69) is 54.4 Å². The van der Waals surface area contributed by atoms with Crippen LogP contribution >= 0.6 is 0 Å². The number of aryl methyl sites for hydroxylation is 2. The molecule has 0 N–H and O–H groups in total. The second kappa shape index (κ2) is 10.6. The van der Waals surface area contributed by atoms with Gasteiger partial charge in [0.05, 0.1) is 11.4 Å². The van der Waals surface area contributed by atoms with Gasteiger partial charge in [-0.2, -0.15) is 13.2 Å². The molecule has 34 heavy (non-hydrogen) atoms. The third kappa shape index (κ3) is 5.70. The fourth-order valence-electron chi connectivity index (χ4n) is 3.17. The summed E-state index contributed by atoms with van der Waals surface area (Å²) in [6, 6.07) is 20.4. The van der Waals surface area contributed by atoms with Gasteiger partial charge in [0.15, 0.2) is 0 Å². The van der Waals surface area contributed by atoms with Gasteiger partial charge in [0.2, 0.25) is 0 Å². The van der Waals surface area contributed by atoms with E-state index in [-0.39, 0.29) is 31.6 Å². The van der Waals surface area contributed by atoms with Gasteiger partial charge in [-0.15, -0.1) is 29.1 Å². The van der Waals surface area contributed by atoms with Crippen molar-refractivity contribution in [1.29, 1.82) is 0 Å². The minimum atomic E-state index is -4.57. The molecule has 3 aromatic heterocycles. The summed E-state index contributed by atoms with van der Waals surface area (Å²) in [7, 11) is 0. The molecule has 0 bridgehead atoms. The summed E-state index contributed by atoms with van der Waals surface area (Å²) in [6.07, 6.45) is -1.32. The van der Waals surface area contributed by atoms with Crippen LogP contribution in [0, 0.1) is 19.9 Å². The minimum Gasteiger partial charge on any atom is -0.413 e. The average molecular weight is 639 g/mol. The van der Waals surface area contributed by atoms with E-state index in [0.717, 1.165) is 22.6 Å². The number of hydrogen-bond acceptors (Lipinski definition) is 5. The fourth-order valence-corrected chi connectivity index (χ4v) is 3.17. The van der Waals surface area contributed by atoms with Crippen LogP contribution in [0.3, 0.4) is 0 Å². The van der Waals surface area contributed by atoms with E-state index >= 15 is 0 Å². The number of hydrogen-bond donors (Lipinski definition) is 0. The zero-order chi connectivity index (χ0) is 23.4. The monoisotopic (exact) mass is 639 g/mol. The molecule has 0 saturated carbocycles. The molecule has 6 nitrogen and oxygen atoms in total. The summed E-state index contributed by atoms with van der Waals surface area (Å²) in [5.74, 6) is -1.37. The molecule has 0 unspecified atom stereocenters. The van der Waals surface area contributed by atoms with E-state index in [4.69, 9.17) is 0 Å².